The summed E-state index contributed by atoms with van der Waals surface area (Å²) in [6, 6.07) is 8.24. The Morgan fingerprint density at radius 2 is 2.23 bits per heavy atom. The SMILES string of the molecule is C#CCn1ccc2cc(Br)ccc21. The van der Waals surface area contributed by atoms with Crippen LogP contribution in [-0.2, 0) is 6.54 Å². The number of halogens is 1. The second-order valence-corrected chi connectivity index (χ2v) is 3.77. The summed E-state index contributed by atoms with van der Waals surface area (Å²) in [7, 11) is 0. The van der Waals surface area contributed by atoms with Crippen LogP contribution >= 0.6 is 15.9 Å². The maximum absolute atomic E-state index is 5.26. The largest absolute Gasteiger partial charge is 0.336 e. The minimum Gasteiger partial charge on any atom is -0.336 e. The molecule has 0 unspecified atom stereocenters. The lowest BCUT2D eigenvalue weighted by atomic mass is 10.2. The number of fused-ring (bicyclic) bond motifs is 1. The second kappa shape index (κ2) is 3.27. The normalized spacial score (nSPS) is 10.2. The predicted molar refractivity (Wildman–Crippen MR) is 58.5 cm³/mol. The molecule has 1 aromatic carbocycles. The summed E-state index contributed by atoms with van der Waals surface area (Å²) in [6.45, 7) is 0.630. The standard InChI is InChI=1S/C11H8BrN/c1-2-6-13-7-5-9-8-10(12)3-4-11(9)13/h1,3-5,7-8H,6H2. The van der Waals surface area contributed by atoms with Crippen molar-refractivity contribution in [3.63, 3.8) is 0 Å². The van der Waals surface area contributed by atoms with Crippen molar-refractivity contribution in [2.24, 2.45) is 0 Å². The highest BCUT2D eigenvalue weighted by atomic mass is 79.9. The van der Waals surface area contributed by atoms with Crippen LogP contribution < -0.4 is 0 Å². The zero-order valence-electron chi connectivity index (χ0n) is 7.00. The van der Waals surface area contributed by atoms with Crippen molar-refractivity contribution in [1.29, 1.82) is 0 Å². The van der Waals surface area contributed by atoms with E-state index in [1.165, 1.54) is 10.9 Å². The van der Waals surface area contributed by atoms with Gasteiger partial charge in [-0.05, 0) is 24.3 Å². The van der Waals surface area contributed by atoms with E-state index in [1.54, 1.807) is 0 Å². The van der Waals surface area contributed by atoms with E-state index in [0.717, 1.165) is 4.47 Å². The maximum atomic E-state index is 5.26. The third kappa shape index (κ3) is 1.48. The maximum Gasteiger partial charge on any atom is 0.0834 e. The number of aromatic nitrogens is 1. The molecule has 0 spiro atoms. The summed E-state index contributed by atoms with van der Waals surface area (Å²) in [5, 5.41) is 1.21. The summed E-state index contributed by atoms with van der Waals surface area (Å²) in [5.41, 5.74) is 1.18. The zero-order chi connectivity index (χ0) is 9.26. The third-order valence-electron chi connectivity index (χ3n) is 1.99. The van der Waals surface area contributed by atoms with E-state index in [9.17, 15) is 0 Å². The quantitative estimate of drug-likeness (QED) is 0.668. The Balaban J connectivity index is 2.63. The number of benzene rings is 1. The highest BCUT2D eigenvalue weighted by Crippen LogP contribution is 2.20. The molecule has 0 fully saturated rings. The first-order valence-corrected chi connectivity index (χ1v) is 4.78. The van der Waals surface area contributed by atoms with Crippen molar-refractivity contribution in [3.8, 4) is 12.3 Å². The summed E-state index contributed by atoms with van der Waals surface area (Å²) >= 11 is 3.43. The van der Waals surface area contributed by atoms with Crippen LogP contribution in [0.2, 0.25) is 0 Å². The van der Waals surface area contributed by atoms with Crippen molar-refractivity contribution in [2.45, 2.75) is 6.54 Å². The Bertz CT molecular complexity index is 476. The van der Waals surface area contributed by atoms with Crippen molar-refractivity contribution in [1.82, 2.24) is 4.57 Å². The molecule has 0 amide bonds. The van der Waals surface area contributed by atoms with Crippen molar-refractivity contribution >= 4 is 26.8 Å². The van der Waals surface area contributed by atoms with Crippen LogP contribution in [0.3, 0.4) is 0 Å². The predicted octanol–water partition coefficient (Wildman–Crippen LogP) is 3.04. The average molecular weight is 234 g/mol. The minimum absolute atomic E-state index is 0.630. The molecule has 2 heteroatoms. The molecule has 0 aliphatic carbocycles. The molecule has 0 N–H and O–H groups in total. The molecule has 0 radical (unpaired) electrons. The van der Waals surface area contributed by atoms with E-state index in [4.69, 9.17) is 6.42 Å². The first kappa shape index (κ1) is 8.40. The van der Waals surface area contributed by atoms with Gasteiger partial charge in [-0.25, -0.2) is 0 Å². The fraction of sp³-hybridized carbons (Fsp3) is 0.0909. The molecule has 1 aromatic heterocycles. The molecule has 0 aliphatic heterocycles. The van der Waals surface area contributed by atoms with Gasteiger partial charge in [-0.3, -0.25) is 0 Å². The van der Waals surface area contributed by atoms with E-state index in [0.29, 0.717) is 6.54 Å². The first-order chi connectivity index (χ1) is 6.31. The van der Waals surface area contributed by atoms with E-state index in [2.05, 4.69) is 44.6 Å². The summed E-state index contributed by atoms with van der Waals surface area (Å²) < 4.78 is 3.15. The monoisotopic (exact) mass is 233 g/mol. The smallest absolute Gasteiger partial charge is 0.0834 e. The Morgan fingerprint density at radius 1 is 1.38 bits per heavy atom. The molecule has 1 nitrogen and oxygen atoms in total. The molecule has 1 heterocycles. The lowest BCUT2D eigenvalue weighted by Crippen LogP contribution is -1.91. The molecule has 0 saturated carbocycles. The summed E-state index contributed by atoms with van der Waals surface area (Å²) in [5.74, 6) is 2.63. The average Bonchev–Trinajstić information content (AvgIpc) is 2.49. The van der Waals surface area contributed by atoms with Crippen LogP contribution in [0.5, 0.6) is 0 Å². The van der Waals surface area contributed by atoms with Crippen molar-refractivity contribution in [3.05, 3.63) is 34.9 Å². The summed E-state index contributed by atoms with van der Waals surface area (Å²) in [4.78, 5) is 0. The molecule has 0 bridgehead atoms. The Labute approximate surface area is 85.5 Å². The fourth-order valence-corrected chi connectivity index (χ4v) is 1.79. The molecular formula is C11H8BrN. The number of hydrogen-bond acceptors (Lipinski definition) is 0. The Kier molecular flexibility index (Phi) is 2.12. The molecule has 13 heavy (non-hydrogen) atoms. The minimum atomic E-state index is 0.630. The van der Waals surface area contributed by atoms with Gasteiger partial charge in [0.05, 0.1) is 6.54 Å². The topological polar surface area (TPSA) is 4.93 Å². The molecule has 0 saturated heterocycles. The van der Waals surface area contributed by atoms with Crippen LogP contribution in [0.4, 0.5) is 0 Å². The first-order valence-electron chi connectivity index (χ1n) is 3.99. The van der Waals surface area contributed by atoms with Gasteiger partial charge in [0.15, 0.2) is 0 Å². The molecule has 0 atom stereocenters. The van der Waals surface area contributed by atoms with Gasteiger partial charge in [0.2, 0.25) is 0 Å². The van der Waals surface area contributed by atoms with Gasteiger partial charge in [-0.2, -0.15) is 0 Å². The number of rotatable bonds is 1. The van der Waals surface area contributed by atoms with Gasteiger partial charge in [0.1, 0.15) is 0 Å². The zero-order valence-corrected chi connectivity index (χ0v) is 8.58. The van der Waals surface area contributed by atoms with Gasteiger partial charge in [-0.15, -0.1) is 6.42 Å². The Hall–Kier alpha value is -1.20. The van der Waals surface area contributed by atoms with Crippen molar-refractivity contribution in [2.75, 3.05) is 0 Å². The van der Waals surface area contributed by atoms with E-state index in [1.807, 2.05) is 12.3 Å². The van der Waals surface area contributed by atoms with E-state index >= 15 is 0 Å². The Morgan fingerprint density at radius 3 is 3.00 bits per heavy atom. The molecule has 64 valence electrons. The number of terminal acetylenes is 1. The van der Waals surface area contributed by atoms with Crippen molar-refractivity contribution < 1.29 is 0 Å². The van der Waals surface area contributed by atoms with Gasteiger partial charge >= 0.3 is 0 Å². The van der Waals surface area contributed by atoms with E-state index in [-0.39, 0.29) is 0 Å². The van der Waals surface area contributed by atoms with Crippen LogP contribution in [0.15, 0.2) is 34.9 Å². The van der Waals surface area contributed by atoms with Crippen LogP contribution in [-0.4, -0.2) is 4.57 Å². The number of hydrogen-bond donors (Lipinski definition) is 0. The highest BCUT2D eigenvalue weighted by Gasteiger charge is 1.99. The van der Waals surface area contributed by atoms with Gasteiger partial charge < -0.3 is 4.57 Å². The molecule has 0 aliphatic rings. The highest BCUT2D eigenvalue weighted by molar-refractivity contribution is 9.10. The summed E-state index contributed by atoms with van der Waals surface area (Å²) in [6.07, 6.45) is 7.27. The van der Waals surface area contributed by atoms with Gasteiger partial charge in [0.25, 0.3) is 0 Å². The van der Waals surface area contributed by atoms with Crippen LogP contribution in [0.25, 0.3) is 10.9 Å². The molecule has 2 rings (SSSR count). The van der Waals surface area contributed by atoms with Crippen LogP contribution in [0.1, 0.15) is 0 Å². The van der Waals surface area contributed by atoms with E-state index < -0.39 is 0 Å². The van der Waals surface area contributed by atoms with Gasteiger partial charge in [0, 0.05) is 21.6 Å². The molecule has 2 aromatic rings. The lowest BCUT2D eigenvalue weighted by Gasteiger charge is -1.99. The number of nitrogens with zero attached hydrogens (tertiary/aromatic N) is 1. The van der Waals surface area contributed by atoms with Crippen LogP contribution in [0, 0.1) is 12.3 Å². The van der Waals surface area contributed by atoms with Gasteiger partial charge in [-0.1, -0.05) is 21.9 Å². The third-order valence-corrected chi connectivity index (χ3v) is 2.49. The fourth-order valence-electron chi connectivity index (χ4n) is 1.41. The lowest BCUT2D eigenvalue weighted by molar-refractivity contribution is 0.886. The molecular weight excluding hydrogens is 226 g/mol. The second-order valence-electron chi connectivity index (χ2n) is 2.85.